The Morgan fingerprint density at radius 1 is 1.39 bits per heavy atom. The minimum absolute atomic E-state index is 0.0504. The Morgan fingerprint density at radius 3 is 2.91 bits per heavy atom. The molecule has 0 aliphatic carbocycles. The third kappa shape index (κ3) is 3.92. The van der Waals surface area contributed by atoms with E-state index >= 15 is 0 Å². The molecule has 3 rings (SSSR count). The van der Waals surface area contributed by atoms with Crippen LogP contribution in [-0.4, -0.2) is 50.4 Å². The van der Waals surface area contributed by atoms with E-state index in [1.807, 2.05) is 36.2 Å². The van der Waals surface area contributed by atoms with Gasteiger partial charge >= 0.3 is 0 Å². The predicted octanol–water partition coefficient (Wildman–Crippen LogP) is 1.17. The first-order valence-electron chi connectivity index (χ1n) is 7.56. The van der Waals surface area contributed by atoms with Gasteiger partial charge in [-0.2, -0.15) is 0 Å². The molecule has 0 saturated carbocycles. The molecule has 1 aromatic carbocycles. The summed E-state index contributed by atoms with van der Waals surface area (Å²) in [5, 5.41) is 3.84. The second kappa shape index (κ2) is 6.33. The average Bonchev–Trinajstić information content (AvgIpc) is 3.02. The van der Waals surface area contributed by atoms with Crippen LogP contribution >= 0.6 is 0 Å². The zero-order valence-electron chi connectivity index (χ0n) is 13.0. The Labute approximate surface area is 135 Å². The molecule has 7 heteroatoms. The molecule has 0 bridgehead atoms. The number of carbonyl (C=O) groups is 1. The lowest BCUT2D eigenvalue weighted by Gasteiger charge is -2.17. The van der Waals surface area contributed by atoms with Crippen LogP contribution in [0.25, 0.3) is 11.0 Å². The molecule has 1 fully saturated rings. The number of fused-ring (bicyclic) bond motifs is 1. The third-order valence-corrected chi connectivity index (χ3v) is 5.78. The Morgan fingerprint density at radius 2 is 2.17 bits per heavy atom. The maximum atomic E-state index is 12.0. The highest BCUT2D eigenvalue weighted by Gasteiger charge is 2.29. The van der Waals surface area contributed by atoms with E-state index in [1.165, 1.54) is 0 Å². The van der Waals surface area contributed by atoms with Crippen molar-refractivity contribution in [3.05, 3.63) is 36.1 Å². The maximum absolute atomic E-state index is 12.0. The lowest BCUT2D eigenvalue weighted by Crippen LogP contribution is -2.41. The van der Waals surface area contributed by atoms with E-state index in [0.717, 1.165) is 16.5 Å². The van der Waals surface area contributed by atoms with Crippen LogP contribution in [-0.2, 0) is 21.2 Å². The molecule has 1 N–H and O–H groups in total. The second-order valence-corrected chi connectivity index (χ2v) is 8.33. The van der Waals surface area contributed by atoms with Gasteiger partial charge in [0, 0.05) is 23.5 Å². The number of benzene rings is 1. The molecule has 2 heterocycles. The van der Waals surface area contributed by atoms with Gasteiger partial charge in [0.05, 0.1) is 24.3 Å². The molecular weight excluding hydrogens is 316 g/mol. The fourth-order valence-corrected chi connectivity index (χ4v) is 4.60. The van der Waals surface area contributed by atoms with Crippen LogP contribution in [0.2, 0.25) is 0 Å². The summed E-state index contributed by atoms with van der Waals surface area (Å²) < 4.78 is 28.3. The number of hydrogen-bond donors (Lipinski definition) is 1. The Hall–Kier alpha value is -1.86. The second-order valence-electron chi connectivity index (χ2n) is 6.10. The van der Waals surface area contributed by atoms with E-state index in [-0.39, 0.29) is 30.0 Å². The highest BCUT2D eigenvalue weighted by molar-refractivity contribution is 7.91. The van der Waals surface area contributed by atoms with Crippen molar-refractivity contribution in [1.82, 2.24) is 10.2 Å². The molecule has 0 spiro atoms. The lowest BCUT2D eigenvalue weighted by atomic mass is 10.1. The summed E-state index contributed by atoms with van der Waals surface area (Å²) in [6, 6.07) is 7.52. The van der Waals surface area contributed by atoms with Crippen LogP contribution in [0.3, 0.4) is 0 Å². The normalized spacial score (nSPS) is 20.2. The van der Waals surface area contributed by atoms with Gasteiger partial charge in [0.15, 0.2) is 9.84 Å². The number of para-hydroxylation sites is 1. The summed E-state index contributed by atoms with van der Waals surface area (Å²) in [5.74, 6) is 0.0614. The summed E-state index contributed by atoms with van der Waals surface area (Å²) >= 11 is 0. The van der Waals surface area contributed by atoms with Crippen LogP contribution < -0.4 is 5.32 Å². The van der Waals surface area contributed by atoms with Crippen molar-refractivity contribution in [2.45, 2.75) is 19.0 Å². The van der Waals surface area contributed by atoms with Crippen LogP contribution in [0, 0.1) is 0 Å². The molecule has 1 saturated heterocycles. The number of nitrogens with zero attached hydrogens (tertiary/aromatic N) is 1. The van der Waals surface area contributed by atoms with Crippen LogP contribution in [0.1, 0.15) is 12.0 Å². The summed E-state index contributed by atoms with van der Waals surface area (Å²) in [5.41, 5.74) is 1.86. The molecule has 0 unspecified atom stereocenters. The molecule has 1 aliphatic heterocycles. The fraction of sp³-hybridized carbons (Fsp3) is 0.438. The highest BCUT2D eigenvalue weighted by atomic mass is 32.2. The Bertz CT molecular complexity index is 812. The van der Waals surface area contributed by atoms with E-state index in [1.54, 1.807) is 6.26 Å². The van der Waals surface area contributed by atoms with Gasteiger partial charge in [-0.1, -0.05) is 18.2 Å². The van der Waals surface area contributed by atoms with Crippen molar-refractivity contribution < 1.29 is 17.6 Å². The van der Waals surface area contributed by atoms with Gasteiger partial charge in [-0.15, -0.1) is 0 Å². The largest absolute Gasteiger partial charge is 0.464 e. The molecule has 6 nitrogen and oxygen atoms in total. The monoisotopic (exact) mass is 336 g/mol. The molecular formula is C16H20N2O4S. The first kappa shape index (κ1) is 16.0. The topological polar surface area (TPSA) is 79.6 Å². The lowest BCUT2D eigenvalue weighted by molar-refractivity contribution is -0.122. The molecule has 23 heavy (non-hydrogen) atoms. The van der Waals surface area contributed by atoms with Gasteiger partial charge in [-0.05, 0) is 19.5 Å². The van der Waals surface area contributed by atoms with Gasteiger partial charge in [0.1, 0.15) is 5.58 Å². The van der Waals surface area contributed by atoms with Crippen molar-refractivity contribution in [3.8, 4) is 0 Å². The minimum atomic E-state index is -2.98. The number of furan rings is 1. The molecule has 0 radical (unpaired) electrons. The van der Waals surface area contributed by atoms with Crippen molar-refractivity contribution in [2.75, 3.05) is 25.1 Å². The molecule has 1 amide bonds. The van der Waals surface area contributed by atoms with Crippen molar-refractivity contribution in [1.29, 1.82) is 0 Å². The number of sulfone groups is 1. The number of likely N-dealkylation sites (N-methyl/N-ethyl adjacent to an activating group) is 1. The first-order chi connectivity index (χ1) is 10.9. The van der Waals surface area contributed by atoms with Gasteiger partial charge in [0.25, 0.3) is 0 Å². The molecule has 1 aliphatic rings. The van der Waals surface area contributed by atoms with E-state index in [0.29, 0.717) is 13.0 Å². The first-order valence-corrected chi connectivity index (χ1v) is 9.38. The average molecular weight is 336 g/mol. The summed E-state index contributed by atoms with van der Waals surface area (Å²) in [7, 11) is -1.12. The number of rotatable bonds is 5. The van der Waals surface area contributed by atoms with Crippen molar-refractivity contribution >= 4 is 26.7 Å². The fourth-order valence-electron chi connectivity index (χ4n) is 2.93. The number of nitrogens with one attached hydrogen (secondary N) is 1. The molecule has 1 atom stereocenters. The number of carbonyl (C=O) groups excluding carboxylic acids is 1. The number of amides is 1. The van der Waals surface area contributed by atoms with Crippen LogP contribution in [0.15, 0.2) is 34.9 Å². The quantitative estimate of drug-likeness (QED) is 0.886. The smallest absolute Gasteiger partial charge is 0.234 e. The van der Waals surface area contributed by atoms with Crippen molar-refractivity contribution in [2.24, 2.45) is 0 Å². The minimum Gasteiger partial charge on any atom is -0.464 e. The summed E-state index contributed by atoms with van der Waals surface area (Å²) in [6.07, 6.45) is 2.22. The van der Waals surface area contributed by atoms with E-state index in [4.69, 9.17) is 4.42 Å². The van der Waals surface area contributed by atoms with Crippen LogP contribution in [0.5, 0.6) is 0 Å². The summed E-state index contributed by atoms with van der Waals surface area (Å²) in [4.78, 5) is 13.9. The van der Waals surface area contributed by atoms with E-state index < -0.39 is 9.84 Å². The van der Waals surface area contributed by atoms with Gasteiger partial charge in [-0.3, -0.25) is 9.69 Å². The summed E-state index contributed by atoms with van der Waals surface area (Å²) in [6.45, 7) is 0.809. The van der Waals surface area contributed by atoms with Gasteiger partial charge in [0.2, 0.25) is 5.91 Å². The zero-order chi connectivity index (χ0) is 16.4. The molecule has 2 aromatic rings. The van der Waals surface area contributed by atoms with Gasteiger partial charge in [-0.25, -0.2) is 8.42 Å². The highest BCUT2D eigenvalue weighted by Crippen LogP contribution is 2.21. The SMILES string of the molecule is CN(CC(=O)N[C@H]1CCS(=O)(=O)C1)Cc1coc2ccccc12. The maximum Gasteiger partial charge on any atom is 0.234 e. The van der Waals surface area contributed by atoms with Crippen molar-refractivity contribution in [3.63, 3.8) is 0 Å². The molecule has 1 aromatic heterocycles. The zero-order valence-corrected chi connectivity index (χ0v) is 13.8. The van der Waals surface area contributed by atoms with Crippen LogP contribution in [0.4, 0.5) is 0 Å². The standard InChI is InChI=1S/C16H20N2O4S/c1-18(8-12-10-22-15-5-3-2-4-14(12)15)9-16(19)17-13-6-7-23(20,21)11-13/h2-5,10,13H,6-9,11H2,1H3,(H,17,19)/t13-/m0/s1. The number of hydrogen-bond acceptors (Lipinski definition) is 5. The molecule has 124 valence electrons. The van der Waals surface area contributed by atoms with E-state index in [2.05, 4.69) is 5.32 Å². The predicted molar refractivity (Wildman–Crippen MR) is 87.7 cm³/mol. The third-order valence-electron chi connectivity index (χ3n) is 4.01. The van der Waals surface area contributed by atoms with Gasteiger partial charge < -0.3 is 9.73 Å². The Kier molecular flexibility index (Phi) is 4.41. The Balaban J connectivity index is 1.55. The van der Waals surface area contributed by atoms with E-state index in [9.17, 15) is 13.2 Å².